The minimum Gasteiger partial charge on any atom is -0.338 e. The van der Waals surface area contributed by atoms with Gasteiger partial charge in [0.15, 0.2) is 0 Å². The van der Waals surface area contributed by atoms with E-state index in [9.17, 15) is 4.79 Å². The molecule has 0 aromatic rings. The summed E-state index contributed by atoms with van der Waals surface area (Å²) in [6, 6.07) is 0.213. The Bertz CT molecular complexity index is 241. The highest BCUT2D eigenvalue weighted by Gasteiger charge is 2.09. The summed E-state index contributed by atoms with van der Waals surface area (Å²) < 4.78 is 0. The Balaban J connectivity index is 3.23. The van der Waals surface area contributed by atoms with Gasteiger partial charge in [0, 0.05) is 12.6 Å². The van der Waals surface area contributed by atoms with Crippen molar-refractivity contribution in [2.75, 3.05) is 6.54 Å². The van der Waals surface area contributed by atoms with E-state index < -0.39 is 0 Å². The Labute approximate surface area is 132 Å². The second-order valence-electron chi connectivity index (χ2n) is 6.61. The van der Waals surface area contributed by atoms with E-state index in [1.54, 1.807) is 0 Å². The number of amides is 2. The first-order valence-electron chi connectivity index (χ1n) is 9.12. The van der Waals surface area contributed by atoms with Crippen LogP contribution in [0.5, 0.6) is 0 Å². The Morgan fingerprint density at radius 2 is 1.29 bits per heavy atom. The Hall–Kier alpha value is -0.730. The van der Waals surface area contributed by atoms with E-state index in [2.05, 4.69) is 31.4 Å². The summed E-state index contributed by atoms with van der Waals surface area (Å²) >= 11 is 0. The first-order valence-corrected chi connectivity index (χ1v) is 9.12. The van der Waals surface area contributed by atoms with Crippen molar-refractivity contribution in [1.29, 1.82) is 0 Å². The third-order valence-electron chi connectivity index (χ3n) is 4.17. The predicted octanol–water partition coefficient (Wildman–Crippen LogP) is 5.25. The maximum Gasteiger partial charge on any atom is 0.315 e. The summed E-state index contributed by atoms with van der Waals surface area (Å²) in [4.78, 5) is 11.6. The number of hydrogen-bond acceptors (Lipinski definition) is 1. The van der Waals surface area contributed by atoms with Gasteiger partial charge in [-0.25, -0.2) is 4.79 Å². The zero-order valence-corrected chi connectivity index (χ0v) is 14.8. The van der Waals surface area contributed by atoms with Gasteiger partial charge in [0.2, 0.25) is 0 Å². The lowest BCUT2D eigenvalue weighted by molar-refractivity contribution is 0.234. The Morgan fingerprint density at radius 3 is 1.76 bits per heavy atom. The lowest BCUT2D eigenvalue weighted by Gasteiger charge is -2.17. The van der Waals surface area contributed by atoms with Crippen molar-refractivity contribution < 1.29 is 4.79 Å². The lowest BCUT2D eigenvalue weighted by atomic mass is 10.1. The molecule has 1 unspecified atom stereocenters. The smallest absolute Gasteiger partial charge is 0.315 e. The van der Waals surface area contributed by atoms with Gasteiger partial charge >= 0.3 is 6.03 Å². The molecule has 0 aliphatic carbocycles. The average molecular weight is 299 g/mol. The average Bonchev–Trinajstić information content (AvgIpc) is 2.44. The molecule has 21 heavy (non-hydrogen) atoms. The molecule has 0 spiro atoms. The van der Waals surface area contributed by atoms with Crippen LogP contribution in [-0.2, 0) is 0 Å². The number of hydrogen-bond donors (Lipinski definition) is 2. The minimum absolute atomic E-state index is 0.0212. The molecule has 0 aromatic carbocycles. The van der Waals surface area contributed by atoms with E-state index in [1.807, 2.05) is 6.92 Å². The molecule has 1 atom stereocenters. The topological polar surface area (TPSA) is 41.1 Å². The monoisotopic (exact) mass is 298 g/mol. The highest BCUT2D eigenvalue weighted by molar-refractivity contribution is 5.74. The largest absolute Gasteiger partial charge is 0.338 e. The lowest BCUT2D eigenvalue weighted by Crippen LogP contribution is -2.43. The van der Waals surface area contributed by atoms with E-state index >= 15 is 0 Å². The quantitative estimate of drug-likeness (QED) is 0.448. The number of carbonyl (C=O) groups is 1. The highest BCUT2D eigenvalue weighted by atomic mass is 16.2. The number of carbonyl (C=O) groups excluding carboxylic acids is 1. The van der Waals surface area contributed by atoms with Crippen LogP contribution in [0, 0.1) is 5.92 Å². The molecule has 2 amide bonds. The van der Waals surface area contributed by atoms with Gasteiger partial charge in [-0.2, -0.15) is 0 Å². The molecule has 0 heterocycles. The maximum atomic E-state index is 11.6. The van der Waals surface area contributed by atoms with Crippen molar-refractivity contribution in [3.8, 4) is 0 Å². The standard InChI is InChI=1S/C18H38N2O/c1-5-6-7-8-9-10-11-12-13-14-15-19-18(21)20-17(4)16(2)3/h16-17H,5-15H2,1-4H3,(H2,19,20,21). The van der Waals surface area contributed by atoms with E-state index in [0.29, 0.717) is 5.92 Å². The minimum atomic E-state index is -0.0212. The van der Waals surface area contributed by atoms with Gasteiger partial charge in [-0.1, -0.05) is 78.6 Å². The van der Waals surface area contributed by atoms with Gasteiger partial charge in [-0.15, -0.1) is 0 Å². The van der Waals surface area contributed by atoms with Crippen molar-refractivity contribution in [2.45, 2.75) is 97.9 Å². The van der Waals surface area contributed by atoms with Crippen molar-refractivity contribution in [3.05, 3.63) is 0 Å². The second-order valence-corrected chi connectivity index (χ2v) is 6.61. The van der Waals surface area contributed by atoms with Crippen molar-refractivity contribution in [2.24, 2.45) is 5.92 Å². The molecule has 0 aliphatic heterocycles. The fraction of sp³-hybridized carbons (Fsp3) is 0.944. The third kappa shape index (κ3) is 14.0. The van der Waals surface area contributed by atoms with Crippen LogP contribution in [0.2, 0.25) is 0 Å². The highest BCUT2D eigenvalue weighted by Crippen LogP contribution is 2.10. The van der Waals surface area contributed by atoms with Crippen LogP contribution < -0.4 is 10.6 Å². The molecule has 0 aliphatic rings. The normalized spacial score (nSPS) is 12.4. The molecule has 3 nitrogen and oxygen atoms in total. The Kier molecular flexibility index (Phi) is 13.7. The van der Waals surface area contributed by atoms with Crippen molar-refractivity contribution in [3.63, 3.8) is 0 Å². The van der Waals surface area contributed by atoms with Gasteiger partial charge < -0.3 is 10.6 Å². The fourth-order valence-corrected chi connectivity index (χ4v) is 2.24. The zero-order valence-electron chi connectivity index (χ0n) is 14.8. The molecule has 0 bridgehead atoms. The van der Waals surface area contributed by atoms with Crippen LogP contribution in [-0.4, -0.2) is 18.6 Å². The van der Waals surface area contributed by atoms with E-state index in [1.165, 1.54) is 57.8 Å². The molecule has 0 fully saturated rings. The van der Waals surface area contributed by atoms with E-state index in [0.717, 1.165) is 13.0 Å². The zero-order chi connectivity index (χ0) is 15.9. The molecule has 126 valence electrons. The van der Waals surface area contributed by atoms with Crippen molar-refractivity contribution >= 4 is 6.03 Å². The van der Waals surface area contributed by atoms with Gasteiger partial charge in [0.25, 0.3) is 0 Å². The molecule has 0 rings (SSSR count). The molecule has 0 saturated heterocycles. The van der Waals surface area contributed by atoms with Crippen LogP contribution in [0.15, 0.2) is 0 Å². The SMILES string of the molecule is CCCCCCCCCCCCNC(=O)NC(C)C(C)C. The van der Waals surface area contributed by atoms with E-state index in [-0.39, 0.29) is 12.1 Å². The van der Waals surface area contributed by atoms with E-state index in [4.69, 9.17) is 0 Å². The van der Waals surface area contributed by atoms with Crippen LogP contribution in [0.25, 0.3) is 0 Å². The number of urea groups is 1. The van der Waals surface area contributed by atoms with Gasteiger partial charge in [-0.3, -0.25) is 0 Å². The molecule has 0 radical (unpaired) electrons. The van der Waals surface area contributed by atoms with Crippen molar-refractivity contribution in [1.82, 2.24) is 10.6 Å². The summed E-state index contributed by atoms with van der Waals surface area (Å²) in [5.41, 5.74) is 0. The molecule has 2 N–H and O–H groups in total. The molecular formula is C18H38N2O. The fourth-order valence-electron chi connectivity index (χ4n) is 2.24. The van der Waals surface area contributed by atoms with Gasteiger partial charge in [0.05, 0.1) is 0 Å². The van der Waals surface area contributed by atoms with Crippen LogP contribution in [0.3, 0.4) is 0 Å². The van der Waals surface area contributed by atoms with Gasteiger partial charge in [-0.05, 0) is 19.3 Å². The number of rotatable bonds is 13. The molecule has 0 saturated carbocycles. The van der Waals surface area contributed by atoms with Crippen LogP contribution >= 0.6 is 0 Å². The van der Waals surface area contributed by atoms with Crippen LogP contribution in [0.4, 0.5) is 4.79 Å². The summed E-state index contributed by atoms with van der Waals surface area (Å²) in [5, 5.41) is 5.91. The summed E-state index contributed by atoms with van der Waals surface area (Å²) in [5.74, 6) is 0.480. The third-order valence-corrected chi connectivity index (χ3v) is 4.17. The summed E-state index contributed by atoms with van der Waals surface area (Å²) in [6.07, 6.45) is 13.3. The number of nitrogens with one attached hydrogen (secondary N) is 2. The molecule has 0 aromatic heterocycles. The predicted molar refractivity (Wildman–Crippen MR) is 92.7 cm³/mol. The van der Waals surface area contributed by atoms with Gasteiger partial charge in [0.1, 0.15) is 0 Å². The first-order chi connectivity index (χ1) is 10.1. The molecular weight excluding hydrogens is 260 g/mol. The Morgan fingerprint density at radius 1 is 0.810 bits per heavy atom. The number of unbranched alkanes of at least 4 members (excludes halogenated alkanes) is 9. The first kappa shape index (κ1) is 20.3. The van der Waals surface area contributed by atoms with Crippen LogP contribution in [0.1, 0.15) is 91.9 Å². The summed E-state index contributed by atoms with van der Waals surface area (Å²) in [7, 11) is 0. The second kappa shape index (κ2) is 14.2. The maximum absolute atomic E-state index is 11.6. The molecule has 3 heteroatoms. The summed E-state index contributed by atoms with van der Waals surface area (Å²) in [6.45, 7) is 9.34.